The van der Waals surface area contributed by atoms with Crippen molar-refractivity contribution >= 4 is 47.5 Å². The Labute approximate surface area is 188 Å². The molecule has 8 nitrogen and oxygen atoms in total. The molecule has 0 unspecified atom stereocenters. The van der Waals surface area contributed by atoms with Gasteiger partial charge in [-0.25, -0.2) is 0 Å². The maximum absolute atomic E-state index is 13.1. The lowest BCUT2D eigenvalue weighted by Gasteiger charge is -2.30. The van der Waals surface area contributed by atoms with E-state index >= 15 is 0 Å². The van der Waals surface area contributed by atoms with Crippen molar-refractivity contribution in [1.82, 2.24) is 15.0 Å². The second kappa shape index (κ2) is 10.0. The lowest BCUT2D eigenvalue weighted by atomic mass is 10.2. The van der Waals surface area contributed by atoms with Crippen LogP contribution in [0.25, 0.3) is 0 Å². The van der Waals surface area contributed by atoms with E-state index in [1.165, 1.54) is 6.07 Å². The third kappa shape index (κ3) is 5.79. The molecule has 0 amide bonds. The molecule has 2 saturated heterocycles. The van der Waals surface area contributed by atoms with Gasteiger partial charge in [-0.2, -0.15) is 28.1 Å². The summed E-state index contributed by atoms with van der Waals surface area (Å²) in [5.41, 5.74) is -0.746. The van der Waals surface area contributed by atoms with Crippen molar-refractivity contribution in [3.8, 4) is 0 Å². The molecule has 31 heavy (non-hydrogen) atoms. The van der Waals surface area contributed by atoms with Crippen molar-refractivity contribution < 1.29 is 22.6 Å². The van der Waals surface area contributed by atoms with Crippen LogP contribution in [-0.4, -0.2) is 67.6 Å². The molecule has 170 valence electrons. The molecule has 0 saturated carbocycles. The van der Waals surface area contributed by atoms with Crippen LogP contribution in [0.5, 0.6) is 0 Å². The van der Waals surface area contributed by atoms with E-state index in [9.17, 15) is 13.2 Å². The lowest BCUT2D eigenvalue weighted by Crippen LogP contribution is -2.40. The Balaban J connectivity index is 0.00000272. The van der Waals surface area contributed by atoms with Crippen LogP contribution in [-0.2, 0) is 15.7 Å². The number of aromatic nitrogens is 3. The van der Waals surface area contributed by atoms with Gasteiger partial charge in [-0.15, -0.1) is 12.4 Å². The molecule has 2 aliphatic heterocycles. The molecule has 1 N–H and O–H groups in total. The highest BCUT2D eigenvalue weighted by Crippen LogP contribution is 2.35. The van der Waals surface area contributed by atoms with Crippen LogP contribution in [0.3, 0.4) is 0 Å². The number of ether oxygens (including phenoxy) is 2. The van der Waals surface area contributed by atoms with Crippen LogP contribution in [0.2, 0.25) is 5.02 Å². The molecule has 2 aliphatic rings. The number of hydrogen-bond acceptors (Lipinski definition) is 8. The van der Waals surface area contributed by atoms with Crippen LogP contribution in [0.4, 0.5) is 36.7 Å². The number of benzene rings is 1. The van der Waals surface area contributed by atoms with Crippen LogP contribution in [0, 0.1) is 0 Å². The molecular formula is C18H21Cl2F3N6O2. The number of rotatable bonds is 4. The normalized spacial score (nSPS) is 17.3. The van der Waals surface area contributed by atoms with Gasteiger partial charge < -0.3 is 24.6 Å². The van der Waals surface area contributed by atoms with Crippen molar-refractivity contribution in [3.63, 3.8) is 0 Å². The Hall–Kier alpha value is -2.08. The van der Waals surface area contributed by atoms with Crippen LogP contribution >= 0.6 is 24.0 Å². The second-order valence-corrected chi connectivity index (χ2v) is 7.18. The van der Waals surface area contributed by atoms with Gasteiger partial charge >= 0.3 is 6.18 Å². The number of halogens is 5. The van der Waals surface area contributed by atoms with E-state index < -0.39 is 11.7 Å². The largest absolute Gasteiger partial charge is 0.416 e. The first-order valence-electron chi connectivity index (χ1n) is 9.45. The quantitative estimate of drug-likeness (QED) is 0.713. The van der Waals surface area contributed by atoms with Crippen LogP contribution in [0.1, 0.15) is 5.56 Å². The molecule has 2 aromatic rings. The fourth-order valence-corrected chi connectivity index (χ4v) is 3.30. The zero-order valence-corrected chi connectivity index (χ0v) is 17.9. The smallest absolute Gasteiger partial charge is 0.378 e. The van der Waals surface area contributed by atoms with Gasteiger partial charge in [0.25, 0.3) is 0 Å². The molecule has 1 aromatic carbocycles. The molecule has 1 aromatic heterocycles. The second-order valence-electron chi connectivity index (χ2n) is 6.78. The molecule has 0 spiro atoms. The first-order chi connectivity index (χ1) is 14.4. The minimum absolute atomic E-state index is 0. The Morgan fingerprint density at radius 1 is 0.871 bits per heavy atom. The van der Waals surface area contributed by atoms with E-state index in [1.54, 1.807) is 0 Å². The van der Waals surface area contributed by atoms with Crippen molar-refractivity contribution in [2.24, 2.45) is 0 Å². The number of alkyl halides is 3. The summed E-state index contributed by atoms with van der Waals surface area (Å²) >= 11 is 6.12. The monoisotopic (exact) mass is 480 g/mol. The van der Waals surface area contributed by atoms with E-state index in [2.05, 4.69) is 20.3 Å². The topological polar surface area (TPSA) is 75.6 Å². The molecule has 0 bridgehead atoms. The maximum atomic E-state index is 13.1. The van der Waals surface area contributed by atoms with E-state index in [1.807, 2.05) is 9.80 Å². The van der Waals surface area contributed by atoms with Gasteiger partial charge in [0, 0.05) is 26.2 Å². The maximum Gasteiger partial charge on any atom is 0.416 e. The van der Waals surface area contributed by atoms with E-state index in [0.29, 0.717) is 64.5 Å². The average Bonchev–Trinajstić information content (AvgIpc) is 2.75. The zero-order chi connectivity index (χ0) is 21.1. The third-order valence-corrected chi connectivity index (χ3v) is 5.07. The van der Waals surface area contributed by atoms with Gasteiger partial charge in [-0.05, 0) is 18.2 Å². The predicted molar refractivity (Wildman–Crippen MR) is 113 cm³/mol. The summed E-state index contributed by atoms with van der Waals surface area (Å²) in [5.74, 6) is 0.981. The summed E-state index contributed by atoms with van der Waals surface area (Å²) in [6, 6.07) is 3.06. The Bertz CT molecular complexity index is 857. The predicted octanol–water partition coefficient (Wildman–Crippen LogP) is 3.38. The highest BCUT2D eigenvalue weighted by atomic mass is 35.5. The summed E-state index contributed by atoms with van der Waals surface area (Å²) in [7, 11) is 0. The summed E-state index contributed by atoms with van der Waals surface area (Å²) < 4.78 is 50.1. The Kier molecular flexibility index (Phi) is 7.63. The molecule has 2 fully saturated rings. The van der Waals surface area contributed by atoms with Crippen molar-refractivity contribution in [3.05, 3.63) is 28.8 Å². The van der Waals surface area contributed by atoms with Gasteiger partial charge in [-0.3, -0.25) is 0 Å². The molecule has 0 atom stereocenters. The Morgan fingerprint density at radius 2 is 1.39 bits per heavy atom. The van der Waals surface area contributed by atoms with E-state index in [0.717, 1.165) is 12.1 Å². The van der Waals surface area contributed by atoms with E-state index in [4.69, 9.17) is 21.1 Å². The molecule has 0 aliphatic carbocycles. The highest BCUT2D eigenvalue weighted by molar-refractivity contribution is 6.33. The van der Waals surface area contributed by atoms with Gasteiger partial charge in [0.2, 0.25) is 17.8 Å². The molecule has 3 heterocycles. The first-order valence-corrected chi connectivity index (χ1v) is 9.83. The SMILES string of the molecule is Cl.FC(F)(F)c1ccc(Cl)c(Nc2nc(N3CCOCC3)nc(N3CCOCC3)n2)c1. The molecule has 0 radical (unpaired) electrons. The summed E-state index contributed by atoms with van der Waals surface area (Å²) in [5, 5.41) is 2.96. The minimum Gasteiger partial charge on any atom is -0.378 e. The fraction of sp³-hybridized carbons (Fsp3) is 0.500. The summed E-state index contributed by atoms with van der Waals surface area (Å²) in [4.78, 5) is 17.3. The molecule has 13 heteroatoms. The van der Waals surface area contributed by atoms with Gasteiger partial charge in [0.05, 0.1) is 42.7 Å². The first kappa shape index (κ1) is 23.6. The molecule has 4 rings (SSSR count). The highest BCUT2D eigenvalue weighted by Gasteiger charge is 2.31. The third-order valence-electron chi connectivity index (χ3n) is 4.74. The van der Waals surface area contributed by atoms with Crippen molar-refractivity contribution in [2.75, 3.05) is 67.7 Å². The van der Waals surface area contributed by atoms with Crippen molar-refractivity contribution in [1.29, 1.82) is 0 Å². The number of nitrogens with zero attached hydrogens (tertiary/aromatic N) is 5. The Morgan fingerprint density at radius 3 is 1.87 bits per heavy atom. The zero-order valence-electron chi connectivity index (χ0n) is 16.4. The minimum atomic E-state index is -4.49. The van der Waals surface area contributed by atoms with Gasteiger partial charge in [0.1, 0.15) is 0 Å². The molecular weight excluding hydrogens is 460 g/mol. The summed E-state index contributed by atoms with van der Waals surface area (Å²) in [6.45, 7) is 4.60. The van der Waals surface area contributed by atoms with Crippen LogP contribution in [0.15, 0.2) is 18.2 Å². The average molecular weight is 481 g/mol. The number of hydrogen-bond donors (Lipinski definition) is 1. The standard InChI is InChI=1S/C18H20ClF3N6O2.ClH/c19-13-2-1-12(18(20,21)22)11-14(13)23-15-24-16(27-3-7-29-8-4-27)26-17(25-15)28-5-9-30-10-6-28;/h1-2,11H,3-10H2,(H,23,24,25,26);1H. The van der Waals surface area contributed by atoms with E-state index in [-0.39, 0.29) is 29.1 Å². The van der Waals surface area contributed by atoms with Crippen molar-refractivity contribution in [2.45, 2.75) is 6.18 Å². The lowest BCUT2D eigenvalue weighted by molar-refractivity contribution is -0.137. The number of nitrogens with one attached hydrogen (secondary N) is 1. The number of morpholine rings is 2. The van der Waals surface area contributed by atoms with Gasteiger partial charge in [-0.1, -0.05) is 11.6 Å². The van der Waals surface area contributed by atoms with Gasteiger partial charge in [0.15, 0.2) is 0 Å². The number of anilines is 4. The van der Waals surface area contributed by atoms with Crippen LogP contribution < -0.4 is 15.1 Å². The summed E-state index contributed by atoms with van der Waals surface area (Å²) in [6.07, 6.45) is -4.49. The fourth-order valence-electron chi connectivity index (χ4n) is 3.14.